The van der Waals surface area contributed by atoms with Gasteiger partial charge in [-0.2, -0.15) is 4.31 Å². The lowest BCUT2D eigenvalue weighted by atomic mass is 10.1. The molecule has 0 N–H and O–H groups in total. The second-order valence-corrected chi connectivity index (χ2v) is 7.55. The fourth-order valence-corrected chi connectivity index (χ4v) is 3.50. The maximum atomic E-state index is 12.5. The van der Waals surface area contributed by atoms with Crippen LogP contribution in [0, 0.1) is 0 Å². The van der Waals surface area contributed by atoms with E-state index in [1.807, 2.05) is 0 Å². The molecule has 0 unspecified atom stereocenters. The lowest BCUT2D eigenvalue weighted by Gasteiger charge is -2.33. The average Bonchev–Trinajstić information content (AvgIpc) is 2.80. The van der Waals surface area contributed by atoms with Gasteiger partial charge in [-0.3, -0.25) is 9.36 Å². The van der Waals surface area contributed by atoms with Crippen LogP contribution in [0.1, 0.15) is 10.4 Å². The minimum absolute atomic E-state index is 0.202. The summed E-state index contributed by atoms with van der Waals surface area (Å²) < 4.78 is 30.8. The Morgan fingerprint density at radius 1 is 1.17 bits per heavy atom. The van der Waals surface area contributed by atoms with Gasteiger partial charge in [-0.25, -0.2) is 13.2 Å². The Balaban J connectivity index is 1.80. The molecule has 1 fully saturated rings. The first kappa shape index (κ1) is 15.8. The van der Waals surface area contributed by atoms with Crippen LogP contribution < -0.4 is 5.76 Å². The number of benzene rings is 1. The van der Waals surface area contributed by atoms with Crippen LogP contribution in [0.4, 0.5) is 0 Å². The Labute approximate surface area is 132 Å². The van der Waals surface area contributed by atoms with Gasteiger partial charge in [0.2, 0.25) is 10.0 Å². The van der Waals surface area contributed by atoms with Crippen molar-refractivity contribution in [2.75, 3.05) is 32.4 Å². The molecule has 9 heteroatoms. The molecule has 0 aliphatic carbocycles. The number of fused-ring (bicyclic) bond motifs is 1. The van der Waals surface area contributed by atoms with Crippen LogP contribution in [-0.2, 0) is 17.1 Å². The number of aryl methyl sites for hydroxylation is 1. The number of carbonyl (C=O) groups excluding carboxylic acids is 1. The van der Waals surface area contributed by atoms with E-state index in [4.69, 9.17) is 4.42 Å². The van der Waals surface area contributed by atoms with Crippen LogP contribution >= 0.6 is 0 Å². The van der Waals surface area contributed by atoms with Crippen molar-refractivity contribution in [1.82, 2.24) is 13.8 Å². The Morgan fingerprint density at radius 3 is 2.43 bits per heavy atom. The van der Waals surface area contributed by atoms with E-state index in [0.717, 1.165) is 6.26 Å². The van der Waals surface area contributed by atoms with E-state index in [1.54, 1.807) is 30.1 Å². The molecule has 0 saturated carbocycles. The summed E-state index contributed by atoms with van der Waals surface area (Å²) in [5.41, 5.74) is 1.39. The van der Waals surface area contributed by atoms with Crippen molar-refractivity contribution >= 4 is 27.0 Å². The molecule has 1 aliphatic heterocycles. The van der Waals surface area contributed by atoms with Gasteiger partial charge in [-0.05, 0) is 18.2 Å². The Kier molecular flexibility index (Phi) is 3.77. The molecule has 124 valence electrons. The largest absolute Gasteiger partial charge is 0.419 e. The zero-order chi connectivity index (χ0) is 16.8. The number of aromatic nitrogens is 1. The lowest BCUT2D eigenvalue weighted by molar-refractivity contribution is 0.0698. The molecule has 1 saturated heterocycles. The molecular formula is C14H17N3O5S. The summed E-state index contributed by atoms with van der Waals surface area (Å²) >= 11 is 0. The minimum atomic E-state index is -3.23. The molecule has 1 aromatic heterocycles. The maximum absolute atomic E-state index is 12.5. The summed E-state index contributed by atoms with van der Waals surface area (Å²) in [6.45, 7) is 1.24. The van der Waals surface area contributed by atoms with Crippen molar-refractivity contribution in [1.29, 1.82) is 0 Å². The SMILES string of the molecule is Cn1c(=O)oc2cc(C(=O)N3CCN(S(C)(=O)=O)CC3)ccc21. The fourth-order valence-electron chi connectivity index (χ4n) is 2.67. The number of amides is 1. The third-order valence-electron chi connectivity index (χ3n) is 4.03. The highest BCUT2D eigenvalue weighted by molar-refractivity contribution is 7.88. The van der Waals surface area contributed by atoms with Gasteiger partial charge in [0.15, 0.2) is 5.58 Å². The zero-order valence-corrected chi connectivity index (χ0v) is 13.7. The van der Waals surface area contributed by atoms with Gasteiger partial charge in [-0.15, -0.1) is 0 Å². The first-order valence-electron chi connectivity index (χ1n) is 7.11. The quantitative estimate of drug-likeness (QED) is 0.758. The maximum Gasteiger partial charge on any atom is 0.419 e. The molecule has 1 aromatic carbocycles. The molecule has 0 spiro atoms. The van der Waals surface area contributed by atoms with E-state index in [0.29, 0.717) is 29.8 Å². The standard InChI is InChI=1S/C14H17N3O5S/c1-15-11-4-3-10(9-12(11)22-14(15)19)13(18)16-5-7-17(8-6-16)23(2,20)21/h3-4,9H,5-8H2,1-2H3. The highest BCUT2D eigenvalue weighted by Gasteiger charge is 2.26. The second-order valence-electron chi connectivity index (χ2n) is 5.56. The molecular weight excluding hydrogens is 322 g/mol. The van der Waals surface area contributed by atoms with Crippen molar-refractivity contribution < 1.29 is 17.6 Å². The summed E-state index contributed by atoms with van der Waals surface area (Å²) in [6, 6.07) is 4.85. The van der Waals surface area contributed by atoms with Crippen LogP contribution in [0.3, 0.4) is 0 Å². The molecule has 0 bridgehead atoms. The molecule has 0 atom stereocenters. The number of carbonyl (C=O) groups is 1. The lowest BCUT2D eigenvalue weighted by Crippen LogP contribution is -2.50. The molecule has 1 amide bonds. The van der Waals surface area contributed by atoms with Gasteiger partial charge in [0, 0.05) is 38.8 Å². The topological polar surface area (TPSA) is 92.8 Å². The van der Waals surface area contributed by atoms with E-state index < -0.39 is 15.8 Å². The smallest absolute Gasteiger partial charge is 0.408 e. The van der Waals surface area contributed by atoms with Crippen molar-refractivity contribution in [2.45, 2.75) is 0 Å². The molecule has 2 heterocycles. The predicted octanol–water partition coefficient (Wildman–Crippen LogP) is -0.151. The van der Waals surface area contributed by atoms with Gasteiger partial charge in [0.1, 0.15) is 0 Å². The van der Waals surface area contributed by atoms with E-state index in [-0.39, 0.29) is 19.0 Å². The third-order valence-corrected chi connectivity index (χ3v) is 5.34. The molecule has 1 aliphatic rings. The summed E-state index contributed by atoms with van der Waals surface area (Å²) in [6.07, 6.45) is 1.16. The van der Waals surface area contributed by atoms with Crippen LogP contribution in [0.2, 0.25) is 0 Å². The van der Waals surface area contributed by atoms with E-state index >= 15 is 0 Å². The molecule has 8 nitrogen and oxygen atoms in total. The van der Waals surface area contributed by atoms with Crippen molar-refractivity contribution in [3.8, 4) is 0 Å². The van der Waals surface area contributed by atoms with E-state index in [9.17, 15) is 18.0 Å². The monoisotopic (exact) mass is 339 g/mol. The molecule has 23 heavy (non-hydrogen) atoms. The normalized spacial score (nSPS) is 16.9. The third kappa shape index (κ3) is 2.89. The molecule has 2 aromatic rings. The van der Waals surface area contributed by atoms with Gasteiger partial charge in [0.05, 0.1) is 11.8 Å². The Morgan fingerprint density at radius 2 is 1.83 bits per heavy atom. The number of hydrogen-bond acceptors (Lipinski definition) is 5. The summed E-state index contributed by atoms with van der Waals surface area (Å²) in [5.74, 6) is -0.682. The van der Waals surface area contributed by atoms with Crippen molar-refractivity contribution in [3.63, 3.8) is 0 Å². The number of oxazole rings is 1. The predicted molar refractivity (Wildman–Crippen MR) is 83.8 cm³/mol. The summed E-state index contributed by atoms with van der Waals surface area (Å²) in [4.78, 5) is 25.6. The Bertz CT molecular complexity index is 920. The number of piperazine rings is 1. The minimum Gasteiger partial charge on any atom is -0.408 e. The zero-order valence-electron chi connectivity index (χ0n) is 12.9. The summed E-state index contributed by atoms with van der Waals surface area (Å²) in [5, 5.41) is 0. The number of hydrogen-bond donors (Lipinski definition) is 0. The van der Waals surface area contributed by atoms with Crippen LogP contribution in [0.25, 0.3) is 11.1 Å². The number of rotatable bonds is 2. The number of nitrogens with zero attached hydrogens (tertiary/aromatic N) is 3. The first-order chi connectivity index (χ1) is 10.8. The summed E-state index contributed by atoms with van der Waals surface area (Å²) in [7, 11) is -1.63. The Hall–Kier alpha value is -2.13. The van der Waals surface area contributed by atoms with Gasteiger partial charge in [0.25, 0.3) is 5.91 Å². The molecule has 3 rings (SSSR count). The van der Waals surface area contributed by atoms with Crippen molar-refractivity contribution in [2.24, 2.45) is 7.05 Å². The number of sulfonamides is 1. The van der Waals surface area contributed by atoms with Crippen molar-refractivity contribution in [3.05, 3.63) is 34.3 Å². The van der Waals surface area contributed by atoms with Crippen LogP contribution in [-0.4, -0.2) is 60.5 Å². The highest BCUT2D eigenvalue weighted by Crippen LogP contribution is 2.17. The van der Waals surface area contributed by atoms with E-state index in [1.165, 1.54) is 8.87 Å². The first-order valence-corrected chi connectivity index (χ1v) is 8.96. The highest BCUT2D eigenvalue weighted by atomic mass is 32.2. The average molecular weight is 339 g/mol. The van der Waals surface area contributed by atoms with Gasteiger partial charge in [-0.1, -0.05) is 0 Å². The van der Waals surface area contributed by atoms with E-state index in [2.05, 4.69) is 0 Å². The van der Waals surface area contributed by atoms with Gasteiger partial charge >= 0.3 is 5.76 Å². The van der Waals surface area contributed by atoms with Crippen LogP contribution in [0.15, 0.2) is 27.4 Å². The van der Waals surface area contributed by atoms with Gasteiger partial charge < -0.3 is 9.32 Å². The fraction of sp³-hybridized carbons (Fsp3) is 0.429. The molecule has 0 radical (unpaired) electrons. The second kappa shape index (κ2) is 5.50. The van der Waals surface area contributed by atoms with Crippen LogP contribution in [0.5, 0.6) is 0 Å².